The molecule has 0 aliphatic heterocycles. The molecule has 112 valence electrons. The number of fused-ring (bicyclic) bond motifs is 1. The first-order valence-corrected chi connectivity index (χ1v) is 6.80. The average molecular weight is 289 g/mol. The van der Waals surface area contributed by atoms with Gasteiger partial charge in [0.1, 0.15) is 0 Å². The lowest BCUT2D eigenvalue weighted by Gasteiger charge is -2.08. The Morgan fingerprint density at radius 2 is 2.14 bits per heavy atom. The van der Waals surface area contributed by atoms with Gasteiger partial charge in [-0.1, -0.05) is 0 Å². The molecular formula is C15H19N3O3. The Balaban J connectivity index is 2.20. The van der Waals surface area contributed by atoms with Gasteiger partial charge in [0.2, 0.25) is 0 Å². The van der Waals surface area contributed by atoms with Crippen LogP contribution in [0.4, 0.5) is 4.79 Å². The van der Waals surface area contributed by atoms with Crippen LogP contribution >= 0.6 is 0 Å². The monoisotopic (exact) mass is 289 g/mol. The van der Waals surface area contributed by atoms with Crippen LogP contribution < -0.4 is 11.1 Å². The maximum absolute atomic E-state index is 12.0. The standard InChI is InChI=1S/C15H19N3O3/c1-9(2)18-14(19)10-3-4-13-12(7-10)11(8-17-13)5-6-21-15(16)20/h3-4,7-9,17H,5-6H2,1-2H3,(H2,16,20)(H,18,19). The van der Waals surface area contributed by atoms with Gasteiger partial charge in [-0.2, -0.15) is 0 Å². The number of rotatable bonds is 5. The lowest BCUT2D eigenvalue weighted by Crippen LogP contribution is -2.29. The number of nitrogens with one attached hydrogen (secondary N) is 2. The molecule has 0 saturated carbocycles. The first-order valence-electron chi connectivity index (χ1n) is 6.80. The van der Waals surface area contributed by atoms with E-state index in [0.717, 1.165) is 16.5 Å². The molecule has 6 heteroatoms. The highest BCUT2D eigenvalue weighted by atomic mass is 16.5. The summed E-state index contributed by atoms with van der Waals surface area (Å²) in [6.45, 7) is 4.04. The van der Waals surface area contributed by atoms with Gasteiger partial charge in [-0.25, -0.2) is 4.79 Å². The zero-order valence-electron chi connectivity index (χ0n) is 12.1. The summed E-state index contributed by atoms with van der Waals surface area (Å²) >= 11 is 0. The van der Waals surface area contributed by atoms with Crippen LogP contribution in [0.2, 0.25) is 0 Å². The van der Waals surface area contributed by atoms with Gasteiger partial charge < -0.3 is 20.8 Å². The summed E-state index contributed by atoms with van der Waals surface area (Å²) in [4.78, 5) is 25.7. The fraction of sp³-hybridized carbons (Fsp3) is 0.333. The van der Waals surface area contributed by atoms with Gasteiger partial charge in [0.25, 0.3) is 5.91 Å². The Morgan fingerprint density at radius 1 is 1.38 bits per heavy atom. The number of amides is 2. The van der Waals surface area contributed by atoms with Crippen molar-refractivity contribution in [1.82, 2.24) is 10.3 Å². The third-order valence-electron chi connectivity index (χ3n) is 3.07. The van der Waals surface area contributed by atoms with Gasteiger partial charge in [-0.15, -0.1) is 0 Å². The Labute approximate surface area is 122 Å². The van der Waals surface area contributed by atoms with E-state index in [-0.39, 0.29) is 18.6 Å². The molecule has 1 aromatic carbocycles. The highest BCUT2D eigenvalue weighted by molar-refractivity contribution is 5.98. The van der Waals surface area contributed by atoms with E-state index in [0.29, 0.717) is 12.0 Å². The number of carbonyl (C=O) groups is 2. The Hall–Kier alpha value is -2.50. The Morgan fingerprint density at radius 3 is 2.81 bits per heavy atom. The summed E-state index contributed by atoms with van der Waals surface area (Å²) in [5.41, 5.74) is 7.45. The van der Waals surface area contributed by atoms with Crippen molar-refractivity contribution in [2.24, 2.45) is 5.73 Å². The number of aromatic nitrogens is 1. The summed E-state index contributed by atoms with van der Waals surface area (Å²) in [6.07, 6.45) is 1.60. The summed E-state index contributed by atoms with van der Waals surface area (Å²) in [5.74, 6) is -0.104. The number of benzene rings is 1. The second-order valence-electron chi connectivity index (χ2n) is 5.12. The number of aromatic amines is 1. The SMILES string of the molecule is CC(C)NC(=O)c1ccc2[nH]cc(CCOC(N)=O)c2c1. The smallest absolute Gasteiger partial charge is 0.404 e. The molecule has 0 unspecified atom stereocenters. The molecule has 2 aromatic rings. The largest absolute Gasteiger partial charge is 0.449 e. The first-order chi connectivity index (χ1) is 9.97. The maximum atomic E-state index is 12.0. The van der Waals surface area contributed by atoms with E-state index in [1.807, 2.05) is 32.2 Å². The van der Waals surface area contributed by atoms with Crippen LogP contribution in [0, 0.1) is 0 Å². The summed E-state index contributed by atoms with van der Waals surface area (Å²) < 4.78 is 4.74. The number of hydrogen-bond donors (Lipinski definition) is 3. The quantitative estimate of drug-likeness (QED) is 0.784. The van der Waals surface area contributed by atoms with Crippen LogP contribution in [0.3, 0.4) is 0 Å². The Kier molecular flexibility index (Phi) is 4.47. The van der Waals surface area contributed by atoms with Crippen LogP contribution in [-0.4, -0.2) is 29.6 Å². The van der Waals surface area contributed by atoms with Crippen LogP contribution in [-0.2, 0) is 11.2 Å². The van der Waals surface area contributed by atoms with Crippen LogP contribution in [0.5, 0.6) is 0 Å². The number of H-pyrrole nitrogens is 1. The maximum Gasteiger partial charge on any atom is 0.404 e. The topological polar surface area (TPSA) is 97.2 Å². The third kappa shape index (κ3) is 3.75. The average Bonchev–Trinajstić information content (AvgIpc) is 2.80. The normalized spacial score (nSPS) is 10.8. The highest BCUT2D eigenvalue weighted by Crippen LogP contribution is 2.20. The predicted molar refractivity (Wildman–Crippen MR) is 80.1 cm³/mol. The van der Waals surface area contributed by atoms with Gasteiger partial charge in [0.15, 0.2) is 0 Å². The number of hydrogen-bond acceptors (Lipinski definition) is 3. The lowest BCUT2D eigenvalue weighted by molar-refractivity contribution is 0.0943. The second kappa shape index (κ2) is 6.30. The van der Waals surface area contributed by atoms with E-state index in [4.69, 9.17) is 10.5 Å². The molecule has 4 N–H and O–H groups in total. The molecule has 0 aliphatic rings. The molecule has 0 fully saturated rings. The zero-order valence-corrected chi connectivity index (χ0v) is 12.1. The van der Waals surface area contributed by atoms with Gasteiger partial charge in [0.05, 0.1) is 6.61 Å². The zero-order chi connectivity index (χ0) is 15.4. The summed E-state index contributed by atoms with van der Waals surface area (Å²) in [5, 5.41) is 3.80. The molecular weight excluding hydrogens is 270 g/mol. The molecule has 6 nitrogen and oxygen atoms in total. The molecule has 1 heterocycles. The lowest BCUT2D eigenvalue weighted by atomic mass is 10.1. The minimum absolute atomic E-state index is 0.0860. The van der Waals surface area contributed by atoms with Gasteiger partial charge >= 0.3 is 6.09 Å². The molecule has 0 atom stereocenters. The third-order valence-corrected chi connectivity index (χ3v) is 3.07. The predicted octanol–water partition coefficient (Wildman–Crippen LogP) is 1.94. The number of ether oxygens (including phenoxy) is 1. The van der Waals surface area contributed by atoms with Crippen molar-refractivity contribution < 1.29 is 14.3 Å². The van der Waals surface area contributed by atoms with E-state index < -0.39 is 6.09 Å². The van der Waals surface area contributed by atoms with Crippen molar-refractivity contribution in [3.05, 3.63) is 35.5 Å². The minimum atomic E-state index is -0.785. The number of nitrogens with two attached hydrogens (primary N) is 1. The van der Waals surface area contributed by atoms with E-state index in [9.17, 15) is 9.59 Å². The molecule has 0 bridgehead atoms. The fourth-order valence-corrected chi connectivity index (χ4v) is 2.13. The van der Waals surface area contributed by atoms with Crippen molar-refractivity contribution in [3.8, 4) is 0 Å². The number of primary amides is 1. The minimum Gasteiger partial charge on any atom is -0.449 e. The second-order valence-corrected chi connectivity index (χ2v) is 5.12. The summed E-state index contributed by atoms with van der Waals surface area (Å²) in [7, 11) is 0. The molecule has 2 rings (SSSR count). The van der Waals surface area contributed by atoms with E-state index in [2.05, 4.69) is 10.3 Å². The van der Waals surface area contributed by atoms with Crippen molar-refractivity contribution >= 4 is 22.9 Å². The van der Waals surface area contributed by atoms with Gasteiger partial charge in [-0.3, -0.25) is 4.79 Å². The van der Waals surface area contributed by atoms with Crippen molar-refractivity contribution in [3.63, 3.8) is 0 Å². The molecule has 1 aromatic heterocycles. The van der Waals surface area contributed by atoms with Crippen LogP contribution in [0.1, 0.15) is 29.8 Å². The Bertz CT molecular complexity index is 661. The molecule has 21 heavy (non-hydrogen) atoms. The van der Waals surface area contributed by atoms with Crippen LogP contribution in [0.25, 0.3) is 10.9 Å². The molecule has 0 saturated heterocycles. The van der Waals surface area contributed by atoms with Crippen LogP contribution in [0.15, 0.2) is 24.4 Å². The molecule has 0 radical (unpaired) electrons. The molecule has 0 aliphatic carbocycles. The number of carbonyl (C=O) groups excluding carboxylic acids is 2. The van der Waals surface area contributed by atoms with Crippen molar-refractivity contribution in [1.29, 1.82) is 0 Å². The fourth-order valence-electron chi connectivity index (χ4n) is 2.13. The van der Waals surface area contributed by atoms with Crippen molar-refractivity contribution in [2.45, 2.75) is 26.3 Å². The van der Waals surface area contributed by atoms with E-state index in [1.54, 1.807) is 6.07 Å². The molecule has 0 spiro atoms. The summed E-state index contributed by atoms with van der Waals surface area (Å²) in [6, 6.07) is 5.56. The van der Waals surface area contributed by atoms with Gasteiger partial charge in [-0.05, 0) is 37.6 Å². The van der Waals surface area contributed by atoms with Crippen molar-refractivity contribution in [2.75, 3.05) is 6.61 Å². The van der Waals surface area contributed by atoms with Gasteiger partial charge in [0, 0.05) is 35.1 Å². The molecule has 2 amide bonds. The van der Waals surface area contributed by atoms with E-state index in [1.165, 1.54) is 0 Å². The highest BCUT2D eigenvalue weighted by Gasteiger charge is 2.10. The first kappa shape index (κ1) is 14.9. The van der Waals surface area contributed by atoms with E-state index >= 15 is 0 Å².